The molecule has 0 spiro atoms. The number of aliphatic hydroxyl groups excluding tert-OH is 1. The molecular formula is C17H16N2O. The maximum atomic E-state index is 9.15. The van der Waals surface area contributed by atoms with Crippen LogP contribution in [0.15, 0.2) is 60.9 Å². The standard InChI is InChI=1S/C17H16N2O/c1-13-9-14(12-20)7-8-17(13)19-11-16(10-18-19)15-5-3-2-4-6-15/h2-11,20H,12H2,1H3. The first-order valence-electron chi connectivity index (χ1n) is 6.59. The minimum absolute atomic E-state index is 0.0650. The van der Waals surface area contributed by atoms with Gasteiger partial charge in [0.25, 0.3) is 0 Å². The van der Waals surface area contributed by atoms with E-state index in [2.05, 4.69) is 17.2 Å². The molecule has 1 heterocycles. The van der Waals surface area contributed by atoms with Gasteiger partial charge in [-0.3, -0.25) is 0 Å². The average Bonchev–Trinajstić information content (AvgIpc) is 2.97. The Morgan fingerprint density at radius 3 is 2.55 bits per heavy atom. The quantitative estimate of drug-likeness (QED) is 0.788. The zero-order chi connectivity index (χ0) is 13.9. The van der Waals surface area contributed by atoms with Crippen LogP contribution in [0.1, 0.15) is 11.1 Å². The van der Waals surface area contributed by atoms with Crippen LogP contribution in [0.25, 0.3) is 16.8 Å². The predicted octanol–water partition coefficient (Wildman–Crippen LogP) is 3.34. The number of aryl methyl sites for hydroxylation is 1. The van der Waals surface area contributed by atoms with E-state index in [-0.39, 0.29) is 6.61 Å². The fourth-order valence-electron chi connectivity index (χ4n) is 2.31. The van der Waals surface area contributed by atoms with Crippen molar-refractivity contribution in [3.05, 3.63) is 72.1 Å². The molecule has 0 amide bonds. The molecule has 0 atom stereocenters. The first-order valence-corrected chi connectivity index (χ1v) is 6.59. The zero-order valence-electron chi connectivity index (χ0n) is 11.3. The molecule has 0 unspecified atom stereocenters. The van der Waals surface area contributed by atoms with E-state index in [0.717, 1.165) is 27.9 Å². The Labute approximate surface area is 118 Å². The van der Waals surface area contributed by atoms with Crippen LogP contribution in [0, 0.1) is 6.92 Å². The van der Waals surface area contributed by atoms with Crippen molar-refractivity contribution in [1.29, 1.82) is 0 Å². The first kappa shape index (κ1) is 12.6. The molecule has 2 aromatic carbocycles. The minimum atomic E-state index is 0.0650. The topological polar surface area (TPSA) is 38.0 Å². The average molecular weight is 264 g/mol. The van der Waals surface area contributed by atoms with Crippen LogP contribution in [0.2, 0.25) is 0 Å². The number of benzene rings is 2. The summed E-state index contributed by atoms with van der Waals surface area (Å²) >= 11 is 0. The van der Waals surface area contributed by atoms with Crippen molar-refractivity contribution < 1.29 is 5.11 Å². The van der Waals surface area contributed by atoms with Gasteiger partial charge in [-0.15, -0.1) is 0 Å². The normalized spacial score (nSPS) is 10.7. The lowest BCUT2D eigenvalue weighted by Gasteiger charge is -2.07. The maximum Gasteiger partial charge on any atom is 0.0681 e. The van der Waals surface area contributed by atoms with Crippen molar-refractivity contribution >= 4 is 0 Å². The number of aromatic nitrogens is 2. The second-order valence-electron chi connectivity index (χ2n) is 4.82. The van der Waals surface area contributed by atoms with Crippen molar-refractivity contribution in [2.24, 2.45) is 0 Å². The van der Waals surface area contributed by atoms with Gasteiger partial charge in [0.15, 0.2) is 0 Å². The SMILES string of the molecule is Cc1cc(CO)ccc1-n1cc(-c2ccccc2)cn1. The van der Waals surface area contributed by atoms with Crippen molar-refractivity contribution in [3.63, 3.8) is 0 Å². The van der Waals surface area contributed by atoms with Gasteiger partial charge < -0.3 is 5.11 Å². The lowest BCUT2D eigenvalue weighted by molar-refractivity contribution is 0.282. The Hall–Kier alpha value is -2.39. The summed E-state index contributed by atoms with van der Waals surface area (Å²) in [6.45, 7) is 2.09. The van der Waals surface area contributed by atoms with E-state index >= 15 is 0 Å². The lowest BCUT2D eigenvalue weighted by atomic mass is 10.1. The van der Waals surface area contributed by atoms with E-state index in [1.165, 1.54) is 0 Å². The van der Waals surface area contributed by atoms with Gasteiger partial charge in [0, 0.05) is 11.8 Å². The molecule has 100 valence electrons. The van der Waals surface area contributed by atoms with Crippen LogP contribution < -0.4 is 0 Å². The summed E-state index contributed by atoms with van der Waals surface area (Å²) in [4.78, 5) is 0. The molecule has 0 bridgehead atoms. The molecule has 1 N–H and O–H groups in total. The molecule has 3 rings (SSSR count). The second kappa shape index (κ2) is 5.31. The van der Waals surface area contributed by atoms with Gasteiger partial charge in [0.05, 0.1) is 18.5 Å². The van der Waals surface area contributed by atoms with E-state index in [0.29, 0.717) is 0 Å². The van der Waals surface area contributed by atoms with Crippen molar-refractivity contribution in [2.45, 2.75) is 13.5 Å². The van der Waals surface area contributed by atoms with E-state index in [4.69, 9.17) is 5.11 Å². The molecular weight excluding hydrogens is 248 g/mol. The molecule has 3 heteroatoms. The molecule has 0 radical (unpaired) electrons. The Morgan fingerprint density at radius 2 is 1.85 bits per heavy atom. The molecule has 0 saturated carbocycles. The Kier molecular flexibility index (Phi) is 3.35. The fourth-order valence-corrected chi connectivity index (χ4v) is 2.31. The van der Waals surface area contributed by atoms with E-state index in [1.807, 2.05) is 60.4 Å². The Bertz CT molecular complexity index is 717. The summed E-state index contributed by atoms with van der Waals surface area (Å²) in [5.41, 5.74) is 5.30. The third-order valence-corrected chi connectivity index (χ3v) is 3.38. The van der Waals surface area contributed by atoms with Gasteiger partial charge in [-0.2, -0.15) is 5.10 Å². The van der Waals surface area contributed by atoms with E-state index < -0.39 is 0 Å². The largest absolute Gasteiger partial charge is 0.392 e. The molecule has 3 nitrogen and oxygen atoms in total. The van der Waals surface area contributed by atoms with Crippen LogP contribution in [0.3, 0.4) is 0 Å². The first-order chi connectivity index (χ1) is 9.78. The maximum absolute atomic E-state index is 9.15. The highest BCUT2D eigenvalue weighted by Gasteiger charge is 2.06. The Morgan fingerprint density at radius 1 is 1.05 bits per heavy atom. The summed E-state index contributed by atoms with van der Waals surface area (Å²) in [5, 5.41) is 13.6. The van der Waals surface area contributed by atoms with Crippen LogP contribution in [0.5, 0.6) is 0 Å². The third kappa shape index (κ3) is 2.36. The van der Waals surface area contributed by atoms with Gasteiger partial charge >= 0.3 is 0 Å². The molecule has 1 aromatic heterocycles. The minimum Gasteiger partial charge on any atom is -0.392 e. The zero-order valence-corrected chi connectivity index (χ0v) is 11.3. The number of nitrogens with zero attached hydrogens (tertiary/aromatic N) is 2. The van der Waals surface area contributed by atoms with Crippen molar-refractivity contribution in [2.75, 3.05) is 0 Å². The van der Waals surface area contributed by atoms with E-state index in [1.54, 1.807) is 0 Å². The van der Waals surface area contributed by atoms with Crippen LogP contribution in [-0.4, -0.2) is 14.9 Å². The second-order valence-corrected chi connectivity index (χ2v) is 4.82. The smallest absolute Gasteiger partial charge is 0.0681 e. The third-order valence-electron chi connectivity index (χ3n) is 3.38. The highest BCUT2D eigenvalue weighted by atomic mass is 16.3. The number of hydrogen-bond acceptors (Lipinski definition) is 2. The molecule has 0 aliphatic heterocycles. The lowest BCUT2D eigenvalue weighted by Crippen LogP contribution is -1.98. The van der Waals surface area contributed by atoms with Crippen LogP contribution in [0.4, 0.5) is 0 Å². The molecule has 20 heavy (non-hydrogen) atoms. The monoisotopic (exact) mass is 264 g/mol. The summed E-state index contributed by atoms with van der Waals surface area (Å²) in [5.74, 6) is 0. The summed E-state index contributed by atoms with van der Waals surface area (Å²) < 4.78 is 1.87. The summed E-state index contributed by atoms with van der Waals surface area (Å²) in [6.07, 6.45) is 3.89. The van der Waals surface area contributed by atoms with Crippen LogP contribution in [-0.2, 0) is 6.61 Å². The number of hydrogen-bond donors (Lipinski definition) is 1. The van der Waals surface area contributed by atoms with Crippen molar-refractivity contribution in [1.82, 2.24) is 9.78 Å². The predicted molar refractivity (Wildman–Crippen MR) is 79.7 cm³/mol. The van der Waals surface area contributed by atoms with Gasteiger partial charge in [0.1, 0.15) is 0 Å². The summed E-state index contributed by atoms with van der Waals surface area (Å²) in [6, 6.07) is 16.1. The van der Waals surface area contributed by atoms with E-state index in [9.17, 15) is 0 Å². The Balaban J connectivity index is 1.98. The van der Waals surface area contributed by atoms with Crippen molar-refractivity contribution in [3.8, 4) is 16.8 Å². The van der Waals surface area contributed by atoms with Gasteiger partial charge in [0.2, 0.25) is 0 Å². The molecule has 0 aliphatic carbocycles. The molecule has 0 fully saturated rings. The van der Waals surface area contributed by atoms with Gasteiger partial charge in [-0.25, -0.2) is 4.68 Å². The fraction of sp³-hybridized carbons (Fsp3) is 0.118. The van der Waals surface area contributed by atoms with Gasteiger partial charge in [-0.1, -0.05) is 42.5 Å². The number of rotatable bonds is 3. The molecule has 0 aliphatic rings. The van der Waals surface area contributed by atoms with Gasteiger partial charge in [-0.05, 0) is 29.7 Å². The highest BCUT2D eigenvalue weighted by Crippen LogP contribution is 2.21. The number of aliphatic hydroxyl groups is 1. The highest BCUT2D eigenvalue weighted by molar-refractivity contribution is 5.62. The molecule has 0 saturated heterocycles. The van der Waals surface area contributed by atoms with Crippen LogP contribution >= 0.6 is 0 Å². The summed E-state index contributed by atoms with van der Waals surface area (Å²) in [7, 11) is 0. The molecule has 3 aromatic rings.